The van der Waals surface area contributed by atoms with Gasteiger partial charge in [-0.05, 0) is 62.8 Å². The van der Waals surface area contributed by atoms with E-state index in [0.29, 0.717) is 23.7 Å². The van der Waals surface area contributed by atoms with Gasteiger partial charge in [-0.2, -0.15) is 0 Å². The Labute approximate surface area is 173 Å². The highest BCUT2D eigenvalue weighted by Crippen LogP contribution is 2.44. The lowest BCUT2D eigenvalue weighted by atomic mass is 9.86. The first-order valence-corrected chi connectivity index (χ1v) is 10.1. The summed E-state index contributed by atoms with van der Waals surface area (Å²) in [5, 5.41) is 10.2. The first-order valence-electron chi connectivity index (χ1n) is 10.1. The van der Waals surface area contributed by atoms with Crippen LogP contribution in [-0.2, 0) is 0 Å². The van der Waals surface area contributed by atoms with E-state index < -0.39 is 5.60 Å². The van der Waals surface area contributed by atoms with Crippen molar-refractivity contribution < 1.29 is 19.3 Å². The molecule has 0 bridgehead atoms. The first kappa shape index (κ1) is 21.1. The molecule has 5 heteroatoms. The number of hydrogen-bond donors (Lipinski definition) is 1. The number of phenolic OH excluding ortho intramolecular Hbond substituents is 1. The average Bonchev–Trinajstić information content (AvgIpc) is 2.70. The minimum Gasteiger partial charge on any atom is -0.507 e. The van der Waals surface area contributed by atoms with Gasteiger partial charge >= 0.3 is 0 Å². The predicted octanol–water partition coefficient (Wildman–Crippen LogP) is 4.63. The number of benzene rings is 2. The second-order valence-corrected chi connectivity index (χ2v) is 7.52. The molecule has 1 aliphatic heterocycles. The van der Waals surface area contributed by atoms with E-state index in [1.807, 2.05) is 44.2 Å². The summed E-state index contributed by atoms with van der Waals surface area (Å²) in [7, 11) is 1.64. The zero-order valence-electron chi connectivity index (χ0n) is 17.9. The van der Waals surface area contributed by atoms with Crippen LogP contribution in [-0.4, -0.2) is 49.0 Å². The van der Waals surface area contributed by atoms with Gasteiger partial charge in [0.2, 0.25) is 0 Å². The third-order valence-corrected chi connectivity index (χ3v) is 5.31. The first-order chi connectivity index (χ1) is 13.9. The van der Waals surface area contributed by atoms with Gasteiger partial charge in [-0.1, -0.05) is 19.9 Å². The van der Waals surface area contributed by atoms with Crippen molar-refractivity contribution in [3.63, 3.8) is 0 Å². The van der Waals surface area contributed by atoms with Crippen molar-refractivity contribution in [1.29, 1.82) is 0 Å². The maximum atomic E-state index is 10.2. The number of hydrogen-bond acceptors (Lipinski definition) is 5. The van der Waals surface area contributed by atoms with Gasteiger partial charge in [-0.15, -0.1) is 0 Å². The summed E-state index contributed by atoms with van der Waals surface area (Å²) < 4.78 is 17.7. The molecule has 0 unspecified atom stereocenters. The summed E-state index contributed by atoms with van der Waals surface area (Å²) in [4.78, 5) is 2.31. The molecular formula is C24H30NO4. The number of phenols is 1. The van der Waals surface area contributed by atoms with Crippen LogP contribution in [0.2, 0.25) is 0 Å². The van der Waals surface area contributed by atoms with Crippen molar-refractivity contribution in [3.05, 3.63) is 47.5 Å². The summed E-state index contributed by atoms with van der Waals surface area (Å²) in [5.74, 6) is 2.13. The molecule has 5 nitrogen and oxygen atoms in total. The van der Waals surface area contributed by atoms with Gasteiger partial charge in [0.15, 0.2) is 11.5 Å². The van der Waals surface area contributed by atoms with Gasteiger partial charge < -0.3 is 24.2 Å². The van der Waals surface area contributed by atoms with Crippen LogP contribution in [0.25, 0.3) is 11.6 Å². The molecule has 0 saturated carbocycles. The molecule has 2 aromatic rings. The van der Waals surface area contributed by atoms with Crippen molar-refractivity contribution >= 4 is 11.6 Å². The van der Waals surface area contributed by atoms with E-state index in [0.717, 1.165) is 36.5 Å². The standard InChI is InChI=1S/C24H30NO4/c1-6-25(7-2)13-14-28-22-12-11-17(15-23(22)27-5)19-16-18-20(26)9-8-10-21(18)29-24(19,3)4/h8,10-12,15-16,26H,6-7,13-14H2,1-5H3. The van der Waals surface area contributed by atoms with Crippen LogP contribution in [0.5, 0.6) is 23.0 Å². The molecule has 1 heterocycles. The molecule has 0 spiro atoms. The lowest BCUT2D eigenvalue weighted by molar-refractivity contribution is 0.169. The maximum Gasteiger partial charge on any atom is 0.161 e. The van der Waals surface area contributed by atoms with Crippen molar-refractivity contribution in [1.82, 2.24) is 4.90 Å². The summed E-state index contributed by atoms with van der Waals surface area (Å²) in [6, 6.07) is 12.2. The number of methoxy groups -OCH3 is 1. The van der Waals surface area contributed by atoms with E-state index in [-0.39, 0.29) is 5.75 Å². The third kappa shape index (κ3) is 4.51. The van der Waals surface area contributed by atoms with E-state index in [1.54, 1.807) is 13.2 Å². The number of ether oxygens (including phenoxy) is 3. The van der Waals surface area contributed by atoms with E-state index in [9.17, 15) is 5.11 Å². The smallest absolute Gasteiger partial charge is 0.161 e. The highest BCUT2D eigenvalue weighted by Gasteiger charge is 2.32. The molecule has 0 amide bonds. The van der Waals surface area contributed by atoms with E-state index in [2.05, 4.69) is 24.8 Å². The lowest BCUT2D eigenvalue weighted by Crippen LogP contribution is -2.32. The van der Waals surface area contributed by atoms with Crippen LogP contribution in [0, 0.1) is 6.07 Å². The Kier molecular flexibility index (Phi) is 6.38. The molecule has 1 radical (unpaired) electrons. The van der Waals surface area contributed by atoms with Gasteiger partial charge in [0.05, 0.1) is 12.7 Å². The van der Waals surface area contributed by atoms with Crippen molar-refractivity contribution in [2.45, 2.75) is 33.3 Å². The molecule has 0 aromatic heterocycles. The minimum absolute atomic E-state index is 0.0822. The summed E-state index contributed by atoms with van der Waals surface area (Å²) >= 11 is 0. The fourth-order valence-corrected chi connectivity index (χ4v) is 3.57. The van der Waals surface area contributed by atoms with Crippen LogP contribution >= 0.6 is 0 Å². The topological polar surface area (TPSA) is 51.2 Å². The summed E-state index contributed by atoms with van der Waals surface area (Å²) in [6.45, 7) is 11.8. The van der Waals surface area contributed by atoms with Gasteiger partial charge in [0.1, 0.15) is 23.7 Å². The number of likely N-dealkylation sites (N-methyl/N-ethyl adjacent to an activating group) is 1. The molecule has 155 valence electrons. The van der Waals surface area contributed by atoms with Gasteiger partial charge in [0, 0.05) is 18.2 Å². The molecule has 2 aromatic carbocycles. The molecular weight excluding hydrogens is 366 g/mol. The largest absolute Gasteiger partial charge is 0.507 e. The van der Waals surface area contributed by atoms with Crippen LogP contribution in [0.3, 0.4) is 0 Å². The summed E-state index contributed by atoms with van der Waals surface area (Å²) in [6.07, 6.45) is 1.96. The Hall–Kier alpha value is -2.66. The lowest BCUT2D eigenvalue weighted by Gasteiger charge is -2.34. The number of fused-ring (bicyclic) bond motifs is 1. The fraction of sp³-hybridized carbons (Fsp3) is 0.417. The minimum atomic E-state index is -0.559. The zero-order chi connectivity index (χ0) is 21.0. The monoisotopic (exact) mass is 396 g/mol. The average molecular weight is 397 g/mol. The van der Waals surface area contributed by atoms with Gasteiger partial charge in [-0.3, -0.25) is 0 Å². The highest BCUT2D eigenvalue weighted by atomic mass is 16.5. The zero-order valence-corrected chi connectivity index (χ0v) is 17.9. The molecule has 0 saturated heterocycles. The second-order valence-electron chi connectivity index (χ2n) is 7.52. The molecule has 0 aliphatic carbocycles. The summed E-state index contributed by atoms with van der Waals surface area (Å²) in [5.41, 5.74) is 1.99. The predicted molar refractivity (Wildman–Crippen MR) is 116 cm³/mol. The van der Waals surface area contributed by atoms with Crippen molar-refractivity contribution in [2.75, 3.05) is 33.4 Å². The second kappa shape index (κ2) is 8.78. The molecule has 1 aliphatic rings. The third-order valence-electron chi connectivity index (χ3n) is 5.31. The van der Waals surface area contributed by atoms with E-state index >= 15 is 0 Å². The molecule has 0 fully saturated rings. The van der Waals surface area contributed by atoms with Crippen LogP contribution < -0.4 is 14.2 Å². The molecule has 0 atom stereocenters. The Morgan fingerprint density at radius 3 is 2.59 bits per heavy atom. The Balaban J connectivity index is 1.88. The Bertz CT molecular complexity index is 884. The van der Waals surface area contributed by atoms with Crippen molar-refractivity contribution in [2.24, 2.45) is 0 Å². The maximum absolute atomic E-state index is 10.2. The van der Waals surface area contributed by atoms with Crippen LogP contribution in [0.4, 0.5) is 0 Å². The van der Waals surface area contributed by atoms with Gasteiger partial charge in [0.25, 0.3) is 0 Å². The van der Waals surface area contributed by atoms with Crippen LogP contribution in [0.15, 0.2) is 30.3 Å². The van der Waals surface area contributed by atoms with Crippen LogP contribution in [0.1, 0.15) is 38.8 Å². The Morgan fingerprint density at radius 2 is 1.90 bits per heavy atom. The molecule has 1 N–H and O–H groups in total. The van der Waals surface area contributed by atoms with E-state index in [1.165, 1.54) is 0 Å². The molecule has 3 rings (SSSR count). The fourth-order valence-electron chi connectivity index (χ4n) is 3.57. The Morgan fingerprint density at radius 1 is 1.14 bits per heavy atom. The number of nitrogens with zero attached hydrogens (tertiary/aromatic N) is 1. The normalized spacial score (nSPS) is 14.8. The SMILES string of the molecule is CCN(CC)CCOc1ccc(C2=Cc3c(O)[c]ccc3OC2(C)C)cc1OC. The quantitative estimate of drug-likeness (QED) is 0.705. The van der Waals surface area contributed by atoms with Crippen molar-refractivity contribution in [3.8, 4) is 23.0 Å². The highest BCUT2D eigenvalue weighted by molar-refractivity contribution is 5.91. The molecule has 29 heavy (non-hydrogen) atoms. The number of rotatable bonds is 8. The number of aromatic hydroxyl groups is 1. The van der Waals surface area contributed by atoms with Gasteiger partial charge in [-0.25, -0.2) is 0 Å². The van der Waals surface area contributed by atoms with E-state index in [4.69, 9.17) is 14.2 Å².